The lowest BCUT2D eigenvalue weighted by Crippen LogP contribution is -2.05. The third-order valence-corrected chi connectivity index (χ3v) is 3.16. The summed E-state index contributed by atoms with van der Waals surface area (Å²) in [6.07, 6.45) is 4.94. The fourth-order valence-corrected chi connectivity index (χ4v) is 2.21. The summed E-state index contributed by atoms with van der Waals surface area (Å²) in [5, 5.41) is 4.38. The number of aromatic nitrogens is 2. The van der Waals surface area contributed by atoms with Crippen LogP contribution < -0.4 is 0 Å². The van der Waals surface area contributed by atoms with Crippen molar-refractivity contribution in [1.82, 2.24) is 9.78 Å². The van der Waals surface area contributed by atoms with Crippen LogP contribution in [-0.2, 0) is 11.2 Å². The van der Waals surface area contributed by atoms with Gasteiger partial charge < -0.3 is 4.74 Å². The van der Waals surface area contributed by atoms with Gasteiger partial charge in [-0.05, 0) is 48.6 Å². The molecule has 106 valence electrons. The van der Waals surface area contributed by atoms with E-state index in [-0.39, 0.29) is 5.97 Å². The van der Waals surface area contributed by atoms with Gasteiger partial charge in [-0.15, -0.1) is 0 Å². The largest absolute Gasteiger partial charge is 0.465 e. The highest BCUT2D eigenvalue weighted by Crippen LogP contribution is 2.16. The quantitative estimate of drug-likeness (QED) is 0.803. The Kier molecular flexibility index (Phi) is 4.23. The number of ether oxygens (including phenoxy) is 1. The number of carbonyl (C=O) groups is 1. The molecular weight excluding hydrogens is 252 g/mol. The van der Waals surface area contributed by atoms with E-state index in [1.54, 1.807) is 6.07 Å². The number of benzene rings is 1. The molecule has 1 aromatic heterocycles. The summed E-state index contributed by atoms with van der Waals surface area (Å²) < 4.78 is 6.59. The zero-order valence-corrected chi connectivity index (χ0v) is 12.4. The highest BCUT2D eigenvalue weighted by atomic mass is 16.5. The van der Waals surface area contributed by atoms with Crippen molar-refractivity contribution >= 4 is 5.97 Å². The summed E-state index contributed by atoms with van der Waals surface area (Å²) in [5.41, 5.74) is 3.64. The van der Waals surface area contributed by atoms with E-state index in [0.717, 1.165) is 17.7 Å². The predicted octanol–water partition coefficient (Wildman–Crippen LogP) is 3.17. The summed E-state index contributed by atoms with van der Waals surface area (Å²) >= 11 is 0. The van der Waals surface area contributed by atoms with Crippen LogP contribution in [0.15, 0.2) is 30.6 Å². The van der Waals surface area contributed by atoms with Crippen molar-refractivity contribution in [3.63, 3.8) is 0 Å². The zero-order valence-electron chi connectivity index (χ0n) is 12.4. The van der Waals surface area contributed by atoms with E-state index in [2.05, 4.69) is 18.9 Å². The van der Waals surface area contributed by atoms with E-state index in [1.165, 1.54) is 12.7 Å². The average molecular weight is 272 g/mol. The maximum atomic E-state index is 11.6. The van der Waals surface area contributed by atoms with Crippen molar-refractivity contribution in [2.24, 2.45) is 5.92 Å². The summed E-state index contributed by atoms with van der Waals surface area (Å²) in [5.74, 6) is 0.297. The Morgan fingerprint density at radius 3 is 2.75 bits per heavy atom. The van der Waals surface area contributed by atoms with Crippen LogP contribution in [0.2, 0.25) is 0 Å². The second-order valence-electron chi connectivity index (χ2n) is 5.38. The minimum absolute atomic E-state index is 0.310. The van der Waals surface area contributed by atoms with E-state index < -0.39 is 0 Å². The van der Waals surface area contributed by atoms with Crippen LogP contribution in [0.5, 0.6) is 0 Å². The molecule has 0 aliphatic heterocycles. The number of esters is 1. The first kappa shape index (κ1) is 14.3. The minimum Gasteiger partial charge on any atom is -0.465 e. The molecular formula is C16H20N2O2. The van der Waals surface area contributed by atoms with Crippen molar-refractivity contribution in [3.8, 4) is 5.69 Å². The second kappa shape index (κ2) is 5.90. The maximum Gasteiger partial charge on any atom is 0.338 e. The van der Waals surface area contributed by atoms with Crippen molar-refractivity contribution in [1.29, 1.82) is 0 Å². The standard InChI is InChI=1S/C16H20N2O2/c1-11(2)7-13-9-17-18(10-13)14-5-6-15(12(3)8-14)16(19)20-4/h5-6,8-11H,7H2,1-4H3. The number of carbonyl (C=O) groups excluding carboxylic acids is 1. The first-order chi connectivity index (χ1) is 9.51. The molecule has 1 aromatic carbocycles. The maximum absolute atomic E-state index is 11.6. The molecule has 0 aliphatic carbocycles. The number of hydrogen-bond donors (Lipinski definition) is 0. The van der Waals surface area contributed by atoms with E-state index in [9.17, 15) is 4.79 Å². The van der Waals surface area contributed by atoms with E-state index in [1.807, 2.05) is 36.1 Å². The number of rotatable bonds is 4. The minimum atomic E-state index is -0.310. The molecule has 2 aromatic rings. The highest BCUT2D eigenvalue weighted by Gasteiger charge is 2.10. The van der Waals surface area contributed by atoms with Gasteiger partial charge in [0.15, 0.2) is 0 Å². The molecule has 0 bridgehead atoms. The molecule has 0 aliphatic rings. The highest BCUT2D eigenvalue weighted by molar-refractivity contribution is 5.91. The van der Waals surface area contributed by atoms with Crippen LogP contribution in [0.25, 0.3) is 5.69 Å². The van der Waals surface area contributed by atoms with Gasteiger partial charge in [-0.25, -0.2) is 9.48 Å². The van der Waals surface area contributed by atoms with E-state index in [4.69, 9.17) is 4.74 Å². The molecule has 0 atom stereocenters. The first-order valence-corrected chi connectivity index (χ1v) is 6.74. The SMILES string of the molecule is COC(=O)c1ccc(-n2cc(CC(C)C)cn2)cc1C. The summed E-state index contributed by atoms with van der Waals surface area (Å²) in [7, 11) is 1.39. The van der Waals surface area contributed by atoms with Crippen molar-refractivity contribution in [2.75, 3.05) is 7.11 Å². The van der Waals surface area contributed by atoms with Crippen molar-refractivity contribution in [3.05, 3.63) is 47.3 Å². The zero-order chi connectivity index (χ0) is 14.7. The van der Waals surface area contributed by atoms with Crippen LogP contribution in [0.3, 0.4) is 0 Å². The molecule has 0 spiro atoms. The summed E-state index contributed by atoms with van der Waals surface area (Å²) in [6, 6.07) is 5.60. The Bertz CT molecular complexity index is 615. The molecule has 20 heavy (non-hydrogen) atoms. The van der Waals surface area contributed by atoms with Gasteiger partial charge >= 0.3 is 5.97 Å². The number of hydrogen-bond acceptors (Lipinski definition) is 3. The lowest BCUT2D eigenvalue weighted by atomic mass is 10.1. The number of methoxy groups -OCH3 is 1. The molecule has 0 saturated carbocycles. The Morgan fingerprint density at radius 1 is 1.40 bits per heavy atom. The number of nitrogens with zero attached hydrogens (tertiary/aromatic N) is 2. The first-order valence-electron chi connectivity index (χ1n) is 6.74. The second-order valence-corrected chi connectivity index (χ2v) is 5.38. The van der Waals surface area contributed by atoms with Gasteiger partial charge in [-0.2, -0.15) is 5.10 Å². The van der Waals surface area contributed by atoms with Crippen LogP contribution >= 0.6 is 0 Å². The van der Waals surface area contributed by atoms with E-state index in [0.29, 0.717) is 11.5 Å². The molecule has 1 heterocycles. The Labute approximate surface area is 119 Å². The van der Waals surface area contributed by atoms with Gasteiger partial charge in [0.1, 0.15) is 0 Å². The van der Waals surface area contributed by atoms with Gasteiger partial charge in [0.05, 0.1) is 24.6 Å². The third-order valence-electron chi connectivity index (χ3n) is 3.16. The Morgan fingerprint density at radius 2 is 2.15 bits per heavy atom. The fraction of sp³-hybridized carbons (Fsp3) is 0.375. The average Bonchev–Trinajstić information content (AvgIpc) is 2.85. The molecule has 0 unspecified atom stereocenters. The number of aryl methyl sites for hydroxylation is 1. The smallest absolute Gasteiger partial charge is 0.338 e. The van der Waals surface area contributed by atoms with Gasteiger partial charge in [-0.1, -0.05) is 13.8 Å². The van der Waals surface area contributed by atoms with Gasteiger partial charge in [0.2, 0.25) is 0 Å². The van der Waals surface area contributed by atoms with Gasteiger partial charge in [-0.3, -0.25) is 0 Å². The topological polar surface area (TPSA) is 44.1 Å². The van der Waals surface area contributed by atoms with Crippen LogP contribution in [-0.4, -0.2) is 22.9 Å². The predicted molar refractivity (Wildman–Crippen MR) is 78.2 cm³/mol. The normalized spacial score (nSPS) is 10.8. The fourth-order valence-electron chi connectivity index (χ4n) is 2.21. The van der Waals surface area contributed by atoms with E-state index >= 15 is 0 Å². The molecule has 4 heteroatoms. The lowest BCUT2D eigenvalue weighted by molar-refractivity contribution is 0.0600. The van der Waals surface area contributed by atoms with Crippen LogP contribution in [0.4, 0.5) is 0 Å². The van der Waals surface area contributed by atoms with Gasteiger partial charge in [0.25, 0.3) is 0 Å². The van der Waals surface area contributed by atoms with Crippen molar-refractivity contribution in [2.45, 2.75) is 27.2 Å². The van der Waals surface area contributed by atoms with Gasteiger partial charge in [0, 0.05) is 6.20 Å². The van der Waals surface area contributed by atoms with Crippen LogP contribution in [0.1, 0.15) is 35.3 Å². The Hall–Kier alpha value is -2.10. The molecule has 2 rings (SSSR count). The van der Waals surface area contributed by atoms with Crippen molar-refractivity contribution < 1.29 is 9.53 Å². The molecule has 0 saturated heterocycles. The third kappa shape index (κ3) is 3.07. The molecule has 0 fully saturated rings. The molecule has 4 nitrogen and oxygen atoms in total. The molecule has 0 radical (unpaired) electrons. The molecule has 0 N–H and O–H groups in total. The monoisotopic (exact) mass is 272 g/mol. The Balaban J connectivity index is 2.27. The summed E-state index contributed by atoms with van der Waals surface area (Å²) in [6.45, 7) is 6.27. The van der Waals surface area contributed by atoms with Crippen LogP contribution in [0, 0.1) is 12.8 Å². The summed E-state index contributed by atoms with van der Waals surface area (Å²) in [4.78, 5) is 11.6. The lowest BCUT2D eigenvalue weighted by Gasteiger charge is -2.07. The molecule has 0 amide bonds.